The molecule has 90 valence electrons. The van der Waals surface area contributed by atoms with Crippen LogP contribution in [-0.4, -0.2) is 21.1 Å². The van der Waals surface area contributed by atoms with Crippen molar-refractivity contribution in [3.63, 3.8) is 0 Å². The third-order valence-corrected chi connectivity index (χ3v) is 3.96. The molecule has 0 saturated carbocycles. The zero-order chi connectivity index (χ0) is 12.3. The van der Waals surface area contributed by atoms with Crippen molar-refractivity contribution >= 4 is 40.2 Å². The lowest BCUT2D eigenvalue weighted by Gasteiger charge is -2.12. The lowest BCUT2D eigenvalue weighted by atomic mass is 10.2. The van der Waals surface area contributed by atoms with Crippen LogP contribution in [-0.2, 0) is 0 Å². The fourth-order valence-corrected chi connectivity index (χ4v) is 2.77. The Morgan fingerprint density at radius 1 is 1.59 bits per heavy atom. The van der Waals surface area contributed by atoms with Gasteiger partial charge in [-0.15, -0.1) is 21.5 Å². The number of hydrogen-bond donors (Lipinski definition) is 1. The summed E-state index contributed by atoms with van der Waals surface area (Å²) < 4.78 is 0.262. The molecule has 1 amide bonds. The van der Waals surface area contributed by atoms with E-state index in [9.17, 15) is 4.79 Å². The standard InChI is InChI=1S/C9H9ClN4OS2/c1-2-5(7-11-3-4-16-7)12-6(15)8-13-14-9(10)17-8/h3-5H,2H2,1H3,(H,12,15). The number of rotatable bonds is 4. The molecule has 0 radical (unpaired) electrons. The maximum atomic E-state index is 11.8. The summed E-state index contributed by atoms with van der Waals surface area (Å²) in [5, 5.41) is 13.2. The molecule has 2 heterocycles. The van der Waals surface area contributed by atoms with E-state index in [2.05, 4.69) is 20.5 Å². The van der Waals surface area contributed by atoms with E-state index in [0.717, 1.165) is 22.8 Å². The molecule has 1 unspecified atom stereocenters. The van der Waals surface area contributed by atoms with E-state index in [-0.39, 0.29) is 21.4 Å². The molecule has 0 aliphatic heterocycles. The Balaban J connectivity index is 2.07. The Kier molecular flexibility index (Phi) is 4.03. The lowest BCUT2D eigenvalue weighted by Crippen LogP contribution is -2.28. The van der Waals surface area contributed by atoms with Crippen molar-refractivity contribution < 1.29 is 4.79 Å². The quantitative estimate of drug-likeness (QED) is 0.939. The Morgan fingerprint density at radius 2 is 2.41 bits per heavy atom. The van der Waals surface area contributed by atoms with Gasteiger partial charge < -0.3 is 5.32 Å². The largest absolute Gasteiger partial charge is 0.341 e. The van der Waals surface area contributed by atoms with Crippen molar-refractivity contribution in [2.24, 2.45) is 0 Å². The minimum absolute atomic E-state index is 0.0924. The average Bonchev–Trinajstić information content (AvgIpc) is 2.96. The molecule has 0 aliphatic carbocycles. The van der Waals surface area contributed by atoms with Gasteiger partial charge in [0.2, 0.25) is 9.47 Å². The van der Waals surface area contributed by atoms with Crippen molar-refractivity contribution in [3.8, 4) is 0 Å². The second-order valence-electron chi connectivity index (χ2n) is 3.16. The third-order valence-electron chi connectivity index (χ3n) is 2.06. The second kappa shape index (κ2) is 5.52. The number of nitrogens with one attached hydrogen (secondary N) is 1. The highest BCUT2D eigenvalue weighted by Gasteiger charge is 2.18. The predicted molar refractivity (Wildman–Crippen MR) is 67.5 cm³/mol. The van der Waals surface area contributed by atoms with Crippen molar-refractivity contribution in [1.29, 1.82) is 0 Å². The van der Waals surface area contributed by atoms with Crippen molar-refractivity contribution in [1.82, 2.24) is 20.5 Å². The normalized spacial score (nSPS) is 12.4. The second-order valence-corrected chi connectivity index (χ2v) is 5.65. The Morgan fingerprint density at radius 3 is 2.94 bits per heavy atom. The molecule has 8 heteroatoms. The van der Waals surface area contributed by atoms with E-state index >= 15 is 0 Å². The molecule has 17 heavy (non-hydrogen) atoms. The van der Waals surface area contributed by atoms with Gasteiger partial charge in [0.15, 0.2) is 0 Å². The maximum Gasteiger partial charge on any atom is 0.282 e. The molecule has 2 aromatic heterocycles. The number of thiazole rings is 1. The molecule has 2 rings (SSSR count). The highest BCUT2D eigenvalue weighted by Crippen LogP contribution is 2.20. The van der Waals surface area contributed by atoms with Gasteiger partial charge in [-0.2, -0.15) is 0 Å². The molecule has 2 aromatic rings. The molecule has 0 aromatic carbocycles. The van der Waals surface area contributed by atoms with Gasteiger partial charge in [-0.3, -0.25) is 4.79 Å². The van der Waals surface area contributed by atoms with Crippen LogP contribution in [0.4, 0.5) is 0 Å². The number of amides is 1. The number of carbonyl (C=O) groups is 1. The van der Waals surface area contributed by atoms with Crippen molar-refractivity contribution in [2.75, 3.05) is 0 Å². The van der Waals surface area contributed by atoms with Gasteiger partial charge in [-0.25, -0.2) is 4.98 Å². The molecule has 1 atom stereocenters. The lowest BCUT2D eigenvalue weighted by molar-refractivity contribution is 0.0934. The molecule has 0 bridgehead atoms. The van der Waals surface area contributed by atoms with Crippen LogP contribution in [0.5, 0.6) is 0 Å². The van der Waals surface area contributed by atoms with Crippen LogP contribution in [0.25, 0.3) is 0 Å². The fraction of sp³-hybridized carbons (Fsp3) is 0.333. The van der Waals surface area contributed by atoms with Crippen LogP contribution < -0.4 is 5.32 Å². The minimum atomic E-state index is -0.267. The first-order valence-corrected chi connectivity index (χ1v) is 6.97. The van der Waals surface area contributed by atoms with Gasteiger partial charge >= 0.3 is 0 Å². The summed E-state index contributed by atoms with van der Waals surface area (Å²) in [5.41, 5.74) is 0. The summed E-state index contributed by atoms with van der Waals surface area (Å²) in [4.78, 5) is 16.0. The fourth-order valence-electron chi connectivity index (χ4n) is 1.26. The van der Waals surface area contributed by atoms with Crippen molar-refractivity contribution in [2.45, 2.75) is 19.4 Å². The number of aromatic nitrogens is 3. The SMILES string of the molecule is CCC(NC(=O)c1nnc(Cl)s1)c1nccs1. The number of halogens is 1. The van der Waals surface area contributed by atoms with E-state index in [1.165, 1.54) is 11.3 Å². The molecule has 5 nitrogen and oxygen atoms in total. The first-order valence-electron chi connectivity index (χ1n) is 4.90. The molecule has 0 spiro atoms. The van der Waals surface area contributed by atoms with Crippen LogP contribution in [0, 0.1) is 0 Å². The zero-order valence-electron chi connectivity index (χ0n) is 8.88. The molecule has 0 aliphatic rings. The third kappa shape index (κ3) is 2.99. The molecule has 0 saturated heterocycles. The predicted octanol–water partition coefficient (Wildman–Crippen LogP) is 2.53. The summed E-state index contributed by atoms with van der Waals surface area (Å²) in [5.74, 6) is -0.267. The van der Waals surface area contributed by atoms with Gasteiger partial charge in [0.1, 0.15) is 5.01 Å². The van der Waals surface area contributed by atoms with Gasteiger partial charge in [0.05, 0.1) is 6.04 Å². The highest BCUT2D eigenvalue weighted by atomic mass is 35.5. The molecule has 1 N–H and O–H groups in total. The Hall–Kier alpha value is -1.05. The summed E-state index contributed by atoms with van der Waals surface area (Å²) in [6, 6.07) is -0.0924. The van der Waals surface area contributed by atoms with E-state index in [1.807, 2.05) is 12.3 Å². The van der Waals surface area contributed by atoms with Crippen LogP contribution in [0.3, 0.4) is 0 Å². The number of nitrogens with zero attached hydrogens (tertiary/aromatic N) is 3. The number of carbonyl (C=O) groups excluding carboxylic acids is 1. The van der Waals surface area contributed by atoms with Gasteiger partial charge in [0.25, 0.3) is 5.91 Å². The van der Waals surface area contributed by atoms with E-state index in [1.54, 1.807) is 6.20 Å². The summed E-state index contributed by atoms with van der Waals surface area (Å²) in [6.45, 7) is 1.99. The first-order chi connectivity index (χ1) is 8.20. The van der Waals surface area contributed by atoms with Crippen LogP contribution in [0.2, 0.25) is 4.47 Å². The van der Waals surface area contributed by atoms with E-state index in [0.29, 0.717) is 0 Å². The monoisotopic (exact) mass is 288 g/mol. The Bertz CT molecular complexity index is 499. The molecule has 0 fully saturated rings. The number of hydrogen-bond acceptors (Lipinski definition) is 6. The van der Waals surface area contributed by atoms with Crippen LogP contribution in [0.1, 0.15) is 34.2 Å². The minimum Gasteiger partial charge on any atom is -0.341 e. The highest BCUT2D eigenvalue weighted by molar-refractivity contribution is 7.17. The summed E-state index contributed by atoms with van der Waals surface area (Å²) >= 11 is 8.20. The maximum absolute atomic E-state index is 11.8. The smallest absolute Gasteiger partial charge is 0.282 e. The summed E-state index contributed by atoms with van der Waals surface area (Å²) in [7, 11) is 0. The van der Waals surface area contributed by atoms with Crippen molar-refractivity contribution in [3.05, 3.63) is 26.1 Å². The molecular weight excluding hydrogens is 280 g/mol. The summed E-state index contributed by atoms with van der Waals surface area (Å²) in [6.07, 6.45) is 2.49. The first kappa shape index (κ1) is 12.4. The van der Waals surface area contributed by atoms with E-state index < -0.39 is 0 Å². The Labute approximate surface area is 111 Å². The average molecular weight is 289 g/mol. The van der Waals surface area contributed by atoms with Crippen LogP contribution in [0.15, 0.2) is 11.6 Å². The van der Waals surface area contributed by atoms with Crippen LogP contribution >= 0.6 is 34.3 Å². The van der Waals surface area contributed by atoms with Gasteiger partial charge in [0, 0.05) is 11.6 Å². The zero-order valence-corrected chi connectivity index (χ0v) is 11.3. The van der Waals surface area contributed by atoms with E-state index in [4.69, 9.17) is 11.6 Å². The topological polar surface area (TPSA) is 67.8 Å². The van der Waals surface area contributed by atoms with Gasteiger partial charge in [-0.05, 0) is 18.0 Å². The molecular formula is C9H9ClN4OS2. The van der Waals surface area contributed by atoms with Gasteiger partial charge in [-0.1, -0.05) is 18.3 Å².